The summed E-state index contributed by atoms with van der Waals surface area (Å²) in [7, 11) is 2.00. The minimum absolute atomic E-state index is 0.489. The molecule has 0 radical (unpaired) electrons. The topological polar surface area (TPSA) is 21.3 Å². The van der Waals surface area contributed by atoms with Crippen molar-refractivity contribution < 1.29 is 4.74 Å². The van der Waals surface area contributed by atoms with Crippen molar-refractivity contribution in [2.45, 2.75) is 45.4 Å². The van der Waals surface area contributed by atoms with Crippen LogP contribution < -0.4 is 10.1 Å². The molecule has 0 aromatic heterocycles. The van der Waals surface area contributed by atoms with Gasteiger partial charge < -0.3 is 10.1 Å². The van der Waals surface area contributed by atoms with Gasteiger partial charge in [0, 0.05) is 4.47 Å². The van der Waals surface area contributed by atoms with Crippen molar-refractivity contribution in [3.8, 4) is 5.75 Å². The molecule has 0 amide bonds. The molecule has 0 unspecified atom stereocenters. The number of hydrogen-bond donors (Lipinski definition) is 1. The zero-order valence-electron chi connectivity index (χ0n) is 12.3. The molecule has 1 aromatic rings. The molecule has 0 atom stereocenters. The van der Waals surface area contributed by atoms with Crippen LogP contribution in [0.5, 0.6) is 5.75 Å². The molecule has 19 heavy (non-hydrogen) atoms. The second kappa shape index (κ2) is 9.38. The van der Waals surface area contributed by atoms with Gasteiger partial charge in [-0.1, -0.05) is 42.6 Å². The highest BCUT2D eigenvalue weighted by molar-refractivity contribution is 9.10. The first kappa shape index (κ1) is 16.5. The monoisotopic (exact) mass is 327 g/mol. The molecule has 0 saturated heterocycles. The average Bonchev–Trinajstić information content (AvgIpc) is 2.39. The van der Waals surface area contributed by atoms with Gasteiger partial charge in [0.25, 0.3) is 0 Å². The van der Waals surface area contributed by atoms with E-state index in [0.29, 0.717) is 5.92 Å². The number of rotatable bonds is 9. The molecule has 0 spiro atoms. The van der Waals surface area contributed by atoms with Crippen LogP contribution in [0, 0.1) is 0 Å². The van der Waals surface area contributed by atoms with E-state index in [0.717, 1.165) is 29.8 Å². The van der Waals surface area contributed by atoms with E-state index in [9.17, 15) is 0 Å². The lowest BCUT2D eigenvalue weighted by Crippen LogP contribution is -2.07. The van der Waals surface area contributed by atoms with Gasteiger partial charge in [0.15, 0.2) is 0 Å². The lowest BCUT2D eigenvalue weighted by atomic mass is 10.0. The van der Waals surface area contributed by atoms with E-state index in [-0.39, 0.29) is 0 Å². The van der Waals surface area contributed by atoms with Gasteiger partial charge in [0.2, 0.25) is 0 Å². The third-order valence-electron chi connectivity index (χ3n) is 3.17. The Bertz CT molecular complexity index is 366. The van der Waals surface area contributed by atoms with E-state index < -0.39 is 0 Å². The fourth-order valence-corrected chi connectivity index (χ4v) is 2.42. The minimum Gasteiger partial charge on any atom is -0.493 e. The van der Waals surface area contributed by atoms with Crippen LogP contribution in [-0.2, 0) is 0 Å². The SMILES string of the molecule is CNCCCCCCOc1ccc(Br)cc1C(C)C. The van der Waals surface area contributed by atoms with Gasteiger partial charge in [-0.25, -0.2) is 0 Å². The normalized spacial score (nSPS) is 11.0. The Kier molecular flexibility index (Phi) is 8.15. The van der Waals surface area contributed by atoms with Crippen molar-refractivity contribution in [1.29, 1.82) is 0 Å². The Morgan fingerprint density at radius 2 is 1.89 bits per heavy atom. The lowest BCUT2D eigenvalue weighted by Gasteiger charge is -2.14. The molecule has 0 heterocycles. The van der Waals surface area contributed by atoms with Crippen molar-refractivity contribution in [1.82, 2.24) is 5.32 Å². The third-order valence-corrected chi connectivity index (χ3v) is 3.67. The van der Waals surface area contributed by atoms with Crippen molar-refractivity contribution in [2.24, 2.45) is 0 Å². The predicted octanol–water partition coefficient (Wildman–Crippen LogP) is 4.73. The predicted molar refractivity (Wildman–Crippen MR) is 86.1 cm³/mol. The molecule has 0 aliphatic heterocycles. The minimum atomic E-state index is 0.489. The van der Waals surface area contributed by atoms with E-state index in [4.69, 9.17) is 4.74 Å². The Labute approximate surface area is 126 Å². The molecular formula is C16H26BrNO. The standard InChI is InChI=1S/C16H26BrNO/c1-13(2)15-12-14(17)8-9-16(15)19-11-7-5-4-6-10-18-3/h8-9,12-13,18H,4-7,10-11H2,1-3H3. The molecule has 2 nitrogen and oxygen atoms in total. The molecule has 1 N–H and O–H groups in total. The quantitative estimate of drug-likeness (QED) is 0.662. The van der Waals surface area contributed by atoms with Crippen molar-refractivity contribution in [3.63, 3.8) is 0 Å². The number of nitrogens with one attached hydrogen (secondary N) is 1. The summed E-state index contributed by atoms with van der Waals surface area (Å²) >= 11 is 3.52. The number of unbranched alkanes of at least 4 members (excludes halogenated alkanes) is 3. The van der Waals surface area contributed by atoms with Gasteiger partial charge in [0.1, 0.15) is 5.75 Å². The van der Waals surface area contributed by atoms with E-state index in [1.165, 1.54) is 24.8 Å². The first-order valence-electron chi connectivity index (χ1n) is 7.22. The Hall–Kier alpha value is -0.540. The van der Waals surface area contributed by atoms with Gasteiger partial charge in [-0.3, -0.25) is 0 Å². The van der Waals surface area contributed by atoms with Crippen LogP contribution in [0.1, 0.15) is 51.0 Å². The van der Waals surface area contributed by atoms with Crippen LogP contribution in [0.3, 0.4) is 0 Å². The number of hydrogen-bond acceptors (Lipinski definition) is 2. The molecule has 0 aliphatic carbocycles. The highest BCUT2D eigenvalue weighted by Crippen LogP contribution is 2.29. The zero-order chi connectivity index (χ0) is 14.1. The third kappa shape index (κ3) is 6.44. The number of halogens is 1. The van der Waals surface area contributed by atoms with Crippen LogP contribution in [0.25, 0.3) is 0 Å². The molecule has 0 aliphatic rings. The van der Waals surface area contributed by atoms with Gasteiger partial charge in [0.05, 0.1) is 6.61 Å². The summed E-state index contributed by atoms with van der Waals surface area (Å²) in [5, 5.41) is 3.17. The maximum atomic E-state index is 5.92. The van der Waals surface area contributed by atoms with Gasteiger partial charge in [-0.2, -0.15) is 0 Å². The smallest absolute Gasteiger partial charge is 0.122 e. The highest BCUT2D eigenvalue weighted by Gasteiger charge is 2.08. The summed E-state index contributed by atoms with van der Waals surface area (Å²) in [4.78, 5) is 0. The first-order chi connectivity index (χ1) is 9.15. The molecule has 0 fully saturated rings. The van der Waals surface area contributed by atoms with Crippen molar-refractivity contribution in [2.75, 3.05) is 20.2 Å². The fourth-order valence-electron chi connectivity index (χ4n) is 2.04. The average molecular weight is 328 g/mol. The van der Waals surface area contributed by atoms with Crippen molar-refractivity contribution in [3.05, 3.63) is 28.2 Å². The summed E-state index contributed by atoms with van der Waals surface area (Å²) in [6.45, 7) is 6.34. The lowest BCUT2D eigenvalue weighted by molar-refractivity contribution is 0.300. The van der Waals surface area contributed by atoms with Crippen LogP contribution in [-0.4, -0.2) is 20.2 Å². The fraction of sp³-hybridized carbons (Fsp3) is 0.625. The van der Waals surface area contributed by atoms with E-state index in [2.05, 4.69) is 47.2 Å². The largest absolute Gasteiger partial charge is 0.493 e. The van der Waals surface area contributed by atoms with Crippen LogP contribution in [0.15, 0.2) is 22.7 Å². The molecule has 1 aromatic carbocycles. The summed E-state index contributed by atoms with van der Waals surface area (Å²) in [5.74, 6) is 1.52. The summed E-state index contributed by atoms with van der Waals surface area (Å²) in [6.07, 6.45) is 4.92. The maximum Gasteiger partial charge on any atom is 0.122 e. The molecule has 0 bridgehead atoms. The first-order valence-corrected chi connectivity index (χ1v) is 8.01. The van der Waals surface area contributed by atoms with E-state index >= 15 is 0 Å². The Morgan fingerprint density at radius 3 is 2.58 bits per heavy atom. The number of benzene rings is 1. The van der Waals surface area contributed by atoms with Crippen molar-refractivity contribution >= 4 is 15.9 Å². The van der Waals surface area contributed by atoms with Crippen LogP contribution in [0.2, 0.25) is 0 Å². The zero-order valence-corrected chi connectivity index (χ0v) is 13.9. The molecule has 0 saturated carbocycles. The van der Waals surface area contributed by atoms with E-state index in [1.54, 1.807) is 0 Å². The summed E-state index contributed by atoms with van der Waals surface area (Å²) in [5.41, 5.74) is 1.28. The highest BCUT2D eigenvalue weighted by atomic mass is 79.9. The number of ether oxygens (including phenoxy) is 1. The molecule has 1 rings (SSSR count). The van der Waals surface area contributed by atoms with Crippen LogP contribution in [0.4, 0.5) is 0 Å². The maximum absolute atomic E-state index is 5.92. The second-order valence-electron chi connectivity index (χ2n) is 5.20. The Balaban J connectivity index is 2.33. The molecule has 108 valence electrons. The molecule has 3 heteroatoms. The second-order valence-corrected chi connectivity index (χ2v) is 6.12. The van der Waals surface area contributed by atoms with Gasteiger partial charge in [-0.15, -0.1) is 0 Å². The van der Waals surface area contributed by atoms with Gasteiger partial charge >= 0.3 is 0 Å². The van der Waals surface area contributed by atoms with E-state index in [1.807, 2.05) is 13.1 Å². The summed E-state index contributed by atoms with van der Waals surface area (Å²) < 4.78 is 7.04. The Morgan fingerprint density at radius 1 is 1.16 bits per heavy atom. The van der Waals surface area contributed by atoms with Crippen LogP contribution >= 0.6 is 15.9 Å². The molecular weight excluding hydrogens is 302 g/mol. The van der Waals surface area contributed by atoms with Gasteiger partial charge in [-0.05, 0) is 56.1 Å². The summed E-state index contributed by atoms with van der Waals surface area (Å²) in [6, 6.07) is 6.28.